The van der Waals surface area contributed by atoms with Crippen molar-refractivity contribution in [1.82, 2.24) is 20.3 Å². The number of aryl methyl sites for hydroxylation is 1. The maximum atomic E-state index is 3.90. The van der Waals surface area contributed by atoms with E-state index < -0.39 is 0 Å². The minimum atomic E-state index is 0.959. The average Bonchev–Trinajstić information content (AvgIpc) is 2.69. The molecule has 0 fully saturated rings. The molecule has 1 heterocycles. The van der Waals surface area contributed by atoms with E-state index >= 15 is 0 Å². The van der Waals surface area contributed by atoms with Crippen LogP contribution < -0.4 is 5.32 Å². The molecule has 0 saturated heterocycles. The maximum Gasteiger partial charge on any atom is 0.0692 e. The summed E-state index contributed by atoms with van der Waals surface area (Å²) in [6.07, 6.45) is 8.65. The Bertz CT molecular complexity index is 208. The molecule has 1 aromatic rings. The van der Waals surface area contributed by atoms with E-state index in [9.17, 15) is 0 Å². The fraction of sp³-hybridized carbons (Fsp3) is 0.800. The first-order chi connectivity index (χ1) is 6.93. The van der Waals surface area contributed by atoms with Gasteiger partial charge in [0.2, 0.25) is 0 Å². The molecule has 80 valence electrons. The highest BCUT2D eigenvalue weighted by molar-refractivity contribution is 4.63. The first-order valence-electron chi connectivity index (χ1n) is 5.48. The van der Waals surface area contributed by atoms with E-state index in [-0.39, 0.29) is 0 Å². The molecule has 1 rings (SSSR count). The summed E-state index contributed by atoms with van der Waals surface area (Å²) in [5, 5.41) is 11.1. The molecule has 0 amide bonds. The lowest BCUT2D eigenvalue weighted by Gasteiger charge is -2.03. The zero-order valence-electron chi connectivity index (χ0n) is 8.95. The Labute approximate surface area is 85.7 Å². The Balaban J connectivity index is 1.85. The third-order valence-corrected chi connectivity index (χ3v) is 2.17. The fourth-order valence-electron chi connectivity index (χ4n) is 1.34. The summed E-state index contributed by atoms with van der Waals surface area (Å²) in [6.45, 7) is 5.40. The van der Waals surface area contributed by atoms with E-state index in [0.29, 0.717) is 0 Å². The predicted molar refractivity (Wildman–Crippen MR) is 57.0 cm³/mol. The lowest BCUT2D eigenvalue weighted by atomic mass is 10.2. The van der Waals surface area contributed by atoms with Crippen LogP contribution in [-0.4, -0.2) is 28.1 Å². The second-order valence-corrected chi connectivity index (χ2v) is 3.48. The largest absolute Gasteiger partial charge is 0.317 e. The molecule has 0 aliphatic rings. The van der Waals surface area contributed by atoms with Gasteiger partial charge in [-0.1, -0.05) is 25.0 Å². The average molecular weight is 196 g/mol. The molecule has 0 saturated carbocycles. The van der Waals surface area contributed by atoms with Gasteiger partial charge in [-0.2, -0.15) is 0 Å². The highest BCUT2D eigenvalue weighted by Gasteiger charge is 1.91. The number of nitrogens with zero attached hydrogens (tertiary/aromatic N) is 3. The monoisotopic (exact) mass is 196 g/mol. The van der Waals surface area contributed by atoms with Crippen molar-refractivity contribution in [2.45, 2.75) is 39.2 Å². The summed E-state index contributed by atoms with van der Waals surface area (Å²) in [4.78, 5) is 0. The summed E-state index contributed by atoms with van der Waals surface area (Å²) < 4.78 is 1.87. The standard InChI is InChI=1S/C10H20N4/c1-2-3-4-6-11-7-5-9-14-10-8-12-13-14/h8,10-11H,2-7,9H2,1H3. The molecule has 1 aromatic heterocycles. The number of nitrogens with one attached hydrogen (secondary N) is 1. The van der Waals surface area contributed by atoms with Gasteiger partial charge in [0, 0.05) is 12.7 Å². The van der Waals surface area contributed by atoms with Crippen LogP contribution in [0.1, 0.15) is 32.6 Å². The number of hydrogen-bond donors (Lipinski definition) is 1. The summed E-state index contributed by atoms with van der Waals surface area (Å²) >= 11 is 0. The van der Waals surface area contributed by atoms with E-state index in [1.807, 2.05) is 10.9 Å². The van der Waals surface area contributed by atoms with Gasteiger partial charge in [-0.05, 0) is 25.9 Å². The highest BCUT2D eigenvalue weighted by Crippen LogP contribution is 1.91. The summed E-state index contributed by atoms with van der Waals surface area (Å²) in [7, 11) is 0. The van der Waals surface area contributed by atoms with Gasteiger partial charge in [-0.15, -0.1) is 5.10 Å². The summed E-state index contributed by atoms with van der Waals surface area (Å²) in [5.74, 6) is 0. The number of hydrogen-bond acceptors (Lipinski definition) is 3. The van der Waals surface area contributed by atoms with E-state index in [0.717, 1.165) is 26.1 Å². The van der Waals surface area contributed by atoms with E-state index in [4.69, 9.17) is 0 Å². The predicted octanol–water partition coefficient (Wildman–Crippen LogP) is 1.45. The summed E-state index contributed by atoms with van der Waals surface area (Å²) in [6, 6.07) is 0. The third kappa shape index (κ3) is 4.97. The SMILES string of the molecule is CCCCCNCCCn1ccnn1. The molecule has 14 heavy (non-hydrogen) atoms. The van der Waals surface area contributed by atoms with Crippen LogP contribution in [-0.2, 0) is 6.54 Å². The zero-order chi connectivity index (χ0) is 10.1. The lowest BCUT2D eigenvalue weighted by Crippen LogP contribution is -2.18. The van der Waals surface area contributed by atoms with Gasteiger partial charge in [-0.25, -0.2) is 0 Å². The van der Waals surface area contributed by atoms with Crippen LogP contribution in [0.5, 0.6) is 0 Å². The van der Waals surface area contributed by atoms with Crippen molar-refractivity contribution in [3.63, 3.8) is 0 Å². The van der Waals surface area contributed by atoms with Crippen LogP contribution in [0.15, 0.2) is 12.4 Å². The molecule has 0 aliphatic heterocycles. The van der Waals surface area contributed by atoms with Crippen LogP contribution >= 0.6 is 0 Å². The van der Waals surface area contributed by atoms with Gasteiger partial charge >= 0.3 is 0 Å². The van der Waals surface area contributed by atoms with Gasteiger partial charge in [0.05, 0.1) is 6.20 Å². The van der Waals surface area contributed by atoms with Gasteiger partial charge in [0.1, 0.15) is 0 Å². The molecular formula is C10H20N4. The Morgan fingerprint density at radius 1 is 1.21 bits per heavy atom. The maximum absolute atomic E-state index is 3.90. The minimum Gasteiger partial charge on any atom is -0.317 e. The first kappa shape index (κ1) is 11.2. The number of aromatic nitrogens is 3. The van der Waals surface area contributed by atoms with Crippen molar-refractivity contribution in [2.75, 3.05) is 13.1 Å². The van der Waals surface area contributed by atoms with Crippen molar-refractivity contribution < 1.29 is 0 Å². The van der Waals surface area contributed by atoms with Gasteiger partial charge < -0.3 is 5.32 Å². The van der Waals surface area contributed by atoms with Crippen molar-refractivity contribution >= 4 is 0 Å². The van der Waals surface area contributed by atoms with Gasteiger partial charge in [-0.3, -0.25) is 4.68 Å². The molecule has 0 unspecified atom stereocenters. The van der Waals surface area contributed by atoms with Crippen LogP contribution in [0, 0.1) is 0 Å². The van der Waals surface area contributed by atoms with Crippen molar-refractivity contribution in [3.05, 3.63) is 12.4 Å². The first-order valence-corrected chi connectivity index (χ1v) is 5.48. The van der Waals surface area contributed by atoms with Crippen molar-refractivity contribution in [3.8, 4) is 0 Å². The molecule has 0 radical (unpaired) electrons. The van der Waals surface area contributed by atoms with Gasteiger partial charge in [0.25, 0.3) is 0 Å². The van der Waals surface area contributed by atoms with E-state index in [1.165, 1.54) is 19.3 Å². The van der Waals surface area contributed by atoms with Crippen LogP contribution in [0.25, 0.3) is 0 Å². The Hall–Kier alpha value is -0.900. The Kier molecular flexibility index (Phi) is 5.99. The van der Waals surface area contributed by atoms with Crippen LogP contribution in [0.4, 0.5) is 0 Å². The van der Waals surface area contributed by atoms with Crippen LogP contribution in [0.3, 0.4) is 0 Å². The Morgan fingerprint density at radius 3 is 2.79 bits per heavy atom. The molecule has 0 aromatic carbocycles. The molecule has 0 spiro atoms. The second-order valence-electron chi connectivity index (χ2n) is 3.48. The third-order valence-electron chi connectivity index (χ3n) is 2.17. The van der Waals surface area contributed by atoms with E-state index in [2.05, 4.69) is 22.6 Å². The summed E-state index contributed by atoms with van der Waals surface area (Å²) in [5.41, 5.74) is 0. The molecule has 0 atom stereocenters. The molecule has 4 nitrogen and oxygen atoms in total. The highest BCUT2D eigenvalue weighted by atomic mass is 15.4. The number of unbranched alkanes of at least 4 members (excludes halogenated alkanes) is 2. The normalized spacial score (nSPS) is 10.6. The van der Waals surface area contributed by atoms with Crippen molar-refractivity contribution in [2.24, 2.45) is 0 Å². The minimum absolute atomic E-state index is 0.959. The molecule has 0 aliphatic carbocycles. The van der Waals surface area contributed by atoms with Crippen molar-refractivity contribution in [1.29, 1.82) is 0 Å². The number of rotatable bonds is 8. The second kappa shape index (κ2) is 7.50. The van der Waals surface area contributed by atoms with Crippen LogP contribution in [0.2, 0.25) is 0 Å². The lowest BCUT2D eigenvalue weighted by molar-refractivity contribution is 0.522. The molecule has 1 N–H and O–H groups in total. The quantitative estimate of drug-likeness (QED) is 0.640. The molecular weight excluding hydrogens is 176 g/mol. The molecule has 0 bridgehead atoms. The molecule has 4 heteroatoms. The smallest absolute Gasteiger partial charge is 0.0692 e. The zero-order valence-corrected chi connectivity index (χ0v) is 8.95. The van der Waals surface area contributed by atoms with E-state index in [1.54, 1.807) is 6.20 Å². The topological polar surface area (TPSA) is 42.7 Å². The fourth-order valence-corrected chi connectivity index (χ4v) is 1.34. The van der Waals surface area contributed by atoms with Gasteiger partial charge in [0.15, 0.2) is 0 Å². The Morgan fingerprint density at radius 2 is 2.07 bits per heavy atom.